The number of hydrogen-bond acceptors (Lipinski definition) is 7. The van der Waals surface area contributed by atoms with Gasteiger partial charge in [-0.1, -0.05) is 18.2 Å². The molecule has 0 aromatic heterocycles. The minimum Gasteiger partial charge on any atom is -0.487 e. The molecule has 2 saturated heterocycles. The Kier molecular flexibility index (Phi) is 8.81. The SMILES string of the molecule is COCC(=O)N1CCN(CC2(O)CCN(c3ccccc3F)CC2)CC(O)(COc2cccc(F)c2F)C1. The number of carbonyl (C=O) groups excluding carboxylic acids is 1. The zero-order valence-electron chi connectivity index (χ0n) is 21.4. The summed E-state index contributed by atoms with van der Waals surface area (Å²) < 4.78 is 52.5. The number of nitrogens with zero attached hydrogens (tertiary/aromatic N) is 3. The highest BCUT2D eigenvalue weighted by Gasteiger charge is 2.41. The molecule has 0 bridgehead atoms. The third kappa shape index (κ3) is 6.76. The Morgan fingerprint density at radius 1 is 0.921 bits per heavy atom. The minimum absolute atomic E-state index is 0.0278. The van der Waals surface area contributed by atoms with Crippen molar-refractivity contribution in [2.45, 2.75) is 24.0 Å². The average molecular weight is 538 g/mol. The van der Waals surface area contributed by atoms with Gasteiger partial charge in [0.15, 0.2) is 11.6 Å². The molecule has 0 spiro atoms. The summed E-state index contributed by atoms with van der Waals surface area (Å²) in [5.74, 6) is -3.22. The molecule has 1 amide bonds. The van der Waals surface area contributed by atoms with Crippen LogP contribution in [0.3, 0.4) is 0 Å². The number of benzene rings is 2. The molecule has 2 aromatic carbocycles. The van der Waals surface area contributed by atoms with E-state index < -0.39 is 29.4 Å². The van der Waals surface area contributed by atoms with Gasteiger partial charge in [0.2, 0.25) is 11.7 Å². The van der Waals surface area contributed by atoms with Gasteiger partial charge in [-0.25, -0.2) is 8.78 Å². The van der Waals surface area contributed by atoms with E-state index in [4.69, 9.17) is 9.47 Å². The molecule has 0 aliphatic carbocycles. The third-order valence-corrected chi connectivity index (χ3v) is 7.13. The number of anilines is 1. The summed E-state index contributed by atoms with van der Waals surface area (Å²) in [4.78, 5) is 17.8. The van der Waals surface area contributed by atoms with Crippen LogP contribution in [0.4, 0.5) is 18.9 Å². The molecule has 4 rings (SSSR count). The van der Waals surface area contributed by atoms with Crippen LogP contribution in [-0.2, 0) is 9.53 Å². The largest absolute Gasteiger partial charge is 0.487 e. The minimum atomic E-state index is -1.64. The quantitative estimate of drug-likeness (QED) is 0.533. The van der Waals surface area contributed by atoms with E-state index in [9.17, 15) is 28.2 Å². The number of aliphatic hydroxyl groups is 2. The van der Waals surface area contributed by atoms with E-state index in [-0.39, 0.29) is 50.3 Å². The molecule has 2 heterocycles. The number of hydrogen-bond donors (Lipinski definition) is 2. The fourth-order valence-electron chi connectivity index (χ4n) is 5.15. The van der Waals surface area contributed by atoms with Gasteiger partial charge in [-0.3, -0.25) is 9.69 Å². The molecule has 0 radical (unpaired) electrons. The molecule has 2 fully saturated rings. The molecule has 1 atom stereocenters. The number of methoxy groups -OCH3 is 1. The summed E-state index contributed by atoms with van der Waals surface area (Å²) in [7, 11) is 1.40. The normalized spacial score (nSPS) is 22.3. The van der Waals surface area contributed by atoms with Crippen molar-refractivity contribution < 1.29 is 37.7 Å². The Morgan fingerprint density at radius 2 is 1.63 bits per heavy atom. The molecule has 2 aromatic rings. The Hall–Kier alpha value is -2.86. The van der Waals surface area contributed by atoms with E-state index in [0.717, 1.165) is 6.07 Å². The summed E-state index contributed by atoms with van der Waals surface area (Å²) in [5.41, 5.74) is -2.24. The van der Waals surface area contributed by atoms with Gasteiger partial charge in [-0.05, 0) is 37.1 Å². The van der Waals surface area contributed by atoms with E-state index in [2.05, 4.69) is 0 Å². The van der Waals surface area contributed by atoms with Gasteiger partial charge in [0.1, 0.15) is 24.6 Å². The molecule has 0 saturated carbocycles. The maximum atomic E-state index is 14.2. The summed E-state index contributed by atoms with van der Waals surface area (Å²) in [5, 5.41) is 22.9. The topological polar surface area (TPSA) is 85.7 Å². The van der Waals surface area contributed by atoms with Crippen molar-refractivity contribution in [3.63, 3.8) is 0 Å². The van der Waals surface area contributed by atoms with Crippen LogP contribution in [-0.4, -0.2) is 103 Å². The Morgan fingerprint density at radius 3 is 2.34 bits per heavy atom. The van der Waals surface area contributed by atoms with Gasteiger partial charge in [-0.15, -0.1) is 0 Å². The smallest absolute Gasteiger partial charge is 0.248 e. The molecular formula is C27H34F3N3O5. The van der Waals surface area contributed by atoms with Crippen LogP contribution in [0.25, 0.3) is 0 Å². The second-order valence-corrected chi connectivity index (χ2v) is 10.2. The molecule has 11 heteroatoms. The number of amides is 1. The lowest BCUT2D eigenvalue weighted by Gasteiger charge is -2.42. The van der Waals surface area contributed by atoms with Crippen LogP contribution in [0.5, 0.6) is 5.75 Å². The molecule has 2 N–H and O–H groups in total. The predicted octanol–water partition coefficient (Wildman–Crippen LogP) is 2.04. The van der Waals surface area contributed by atoms with Crippen molar-refractivity contribution in [1.82, 2.24) is 9.80 Å². The number of para-hydroxylation sites is 1. The van der Waals surface area contributed by atoms with Crippen LogP contribution in [0.15, 0.2) is 42.5 Å². The van der Waals surface area contributed by atoms with Crippen LogP contribution in [0.1, 0.15) is 12.8 Å². The Bertz CT molecular complexity index is 1120. The highest BCUT2D eigenvalue weighted by Crippen LogP contribution is 2.30. The number of piperidine rings is 1. The van der Waals surface area contributed by atoms with Crippen molar-refractivity contribution in [2.24, 2.45) is 0 Å². The monoisotopic (exact) mass is 537 g/mol. The lowest BCUT2D eigenvalue weighted by atomic mass is 9.90. The maximum absolute atomic E-state index is 14.2. The first kappa shape index (κ1) is 28.2. The zero-order valence-corrected chi connectivity index (χ0v) is 21.4. The second-order valence-electron chi connectivity index (χ2n) is 10.2. The Balaban J connectivity index is 1.45. The van der Waals surface area contributed by atoms with Crippen LogP contribution < -0.4 is 9.64 Å². The third-order valence-electron chi connectivity index (χ3n) is 7.13. The van der Waals surface area contributed by atoms with Crippen molar-refractivity contribution in [2.75, 3.05) is 71.0 Å². The highest BCUT2D eigenvalue weighted by atomic mass is 19.2. The summed E-state index contributed by atoms with van der Waals surface area (Å²) in [6.45, 7) is 1.10. The van der Waals surface area contributed by atoms with Crippen molar-refractivity contribution in [3.05, 3.63) is 59.9 Å². The van der Waals surface area contributed by atoms with Crippen LogP contribution in [0.2, 0.25) is 0 Å². The lowest BCUT2D eigenvalue weighted by Crippen LogP contribution is -2.56. The summed E-state index contributed by atoms with van der Waals surface area (Å²) in [6.07, 6.45) is 0.765. The molecule has 208 valence electrons. The Labute approximate surface area is 220 Å². The summed E-state index contributed by atoms with van der Waals surface area (Å²) in [6, 6.07) is 10.0. The fourth-order valence-corrected chi connectivity index (χ4v) is 5.15. The van der Waals surface area contributed by atoms with Gasteiger partial charge in [0.05, 0.1) is 17.8 Å². The number of rotatable bonds is 8. The molecular weight excluding hydrogens is 503 g/mol. The number of halogens is 3. The van der Waals surface area contributed by atoms with Crippen molar-refractivity contribution in [1.29, 1.82) is 0 Å². The first-order valence-electron chi connectivity index (χ1n) is 12.6. The van der Waals surface area contributed by atoms with Crippen LogP contribution in [0, 0.1) is 17.5 Å². The first-order valence-corrected chi connectivity index (χ1v) is 12.6. The predicted molar refractivity (Wildman–Crippen MR) is 134 cm³/mol. The van der Waals surface area contributed by atoms with Gasteiger partial charge < -0.3 is 29.5 Å². The van der Waals surface area contributed by atoms with E-state index >= 15 is 0 Å². The second kappa shape index (κ2) is 11.9. The first-order chi connectivity index (χ1) is 18.1. The maximum Gasteiger partial charge on any atom is 0.248 e. The van der Waals surface area contributed by atoms with E-state index in [1.165, 1.54) is 30.2 Å². The molecule has 8 nitrogen and oxygen atoms in total. The zero-order chi connectivity index (χ0) is 27.3. The van der Waals surface area contributed by atoms with Gasteiger partial charge >= 0.3 is 0 Å². The van der Waals surface area contributed by atoms with Crippen molar-refractivity contribution >= 4 is 11.6 Å². The van der Waals surface area contributed by atoms with Gasteiger partial charge in [-0.2, -0.15) is 4.39 Å². The molecule has 2 aliphatic heterocycles. The summed E-state index contributed by atoms with van der Waals surface area (Å²) >= 11 is 0. The van der Waals surface area contributed by atoms with Gasteiger partial charge in [0.25, 0.3) is 0 Å². The van der Waals surface area contributed by atoms with Crippen LogP contribution >= 0.6 is 0 Å². The van der Waals surface area contributed by atoms with E-state index in [0.29, 0.717) is 38.2 Å². The molecule has 1 unspecified atom stereocenters. The number of carbonyl (C=O) groups is 1. The molecule has 2 aliphatic rings. The molecule has 38 heavy (non-hydrogen) atoms. The highest BCUT2D eigenvalue weighted by molar-refractivity contribution is 5.77. The standard InChI is InChI=1S/C27H34F3N3O5/c1-37-15-24(34)33-14-13-31(17-27(36,18-33)19-38-23-8-4-6-21(29)25(23)30)16-26(35)9-11-32(12-10-26)22-7-3-2-5-20(22)28/h2-8,35-36H,9-19H2,1H3. The van der Waals surface area contributed by atoms with Gasteiger partial charge in [0, 0.05) is 46.4 Å². The number of β-amino-alcohol motifs (C(OH)–C–C–N with tert-alkyl or cyclic N) is 2. The number of ether oxygens (including phenoxy) is 2. The average Bonchev–Trinajstić information content (AvgIpc) is 3.04. The van der Waals surface area contributed by atoms with E-state index in [1.807, 2.05) is 9.80 Å². The lowest BCUT2D eigenvalue weighted by molar-refractivity contribution is -0.138. The fraction of sp³-hybridized carbons (Fsp3) is 0.519. The van der Waals surface area contributed by atoms with E-state index in [1.54, 1.807) is 18.2 Å². The van der Waals surface area contributed by atoms with Crippen molar-refractivity contribution in [3.8, 4) is 5.75 Å².